The lowest BCUT2D eigenvalue weighted by Crippen LogP contribution is -2.02. The average Bonchev–Trinajstić information content (AvgIpc) is 2.58. The molecule has 0 aliphatic heterocycles. The molecule has 1 N–H and O–H groups in total. The van der Waals surface area contributed by atoms with Gasteiger partial charge in [-0.25, -0.2) is 9.78 Å². The number of aromatic carboxylic acids is 1. The molecule has 2 heterocycles. The minimum Gasteiger partial charge on any atom is -0.477 e. The van der Waals surface area contributed by atoms with Gasteiger partial charge in [-0.3, -0.25) is 4.40 Å². The van der Waals surface area contributed by atoms with Gasteiger partial charge in [0.1, 0.15) is 4.88 Å². The molecule has 2 aromatic rings. The van der Waals surface area contributed by atoms with Crippen molar-refractivity contribution in [1.29, 1.82) is 0 Å². The fraction of sp³-hybridized carbons (Fsp3) is 0.333. The number of imidazole rings is 1. The van der Waals surface area contributed by atoms with Gasteiger partial charge in [-0.2, -0.15) is 0 Å². The number of aromatic nitrogens is 2. The van der Waals surface area contributed by atoms with Crippen LogP contribution in [0.1, 0.15) is 35.1 Å². The zero-order valence-corrected chi connectivity index (χ0v) is 8.71. The first-order valence-corrected chi connectivity index (χ1v) is 5.12. The SMILES string of the molecule is CC(C)c1c(C(=O)O)sc2nccn12. The summed E-state index contributed by atoms with van der Waals surface area (Å²) in [7, 11) is 0. The molecule has 2 aromatic heterocycles. The minimum atomic E-state index is -0.871. The summed E-state index contributed by atoms with van der Waals surface area (Å²) in [5, 5.41) is 9.00. The molecule has 5 heteroatoms. The van der Waals surface area contributed by atoms with Gasteiger partial charge in [0.05, 0.1) is 5.69 Å². The summed E-state index contributed by atoms with van der Waals surface area (Å²) < 4.78 is 1.85. The van der Waals surface area contributed by atoms with Gasteiger partial charge in [-0.1, -0.05) is 25.2 Å². The maximum Gasteiger partial charge on any atom is 0.347 e. The number of carboxylic acids is 1. The lowest BCUT2D eigenvalue weighted by Gasteiger charge is -2.04. The molecule has 0 fully saturated rings. The second-order valence-corrected chi connectivity index (χ2v) is 4.33. The lowest BCUT2D eigenvalue weighted by molar-refractivity contribution is 0.0700. The largest absolute Gasteiger partial charge is 0.477 e. The van der Waals surface area contributed by atoms with E-state index >= 15 is 0 Å². The molecule has 0 atom stereocenters. The third kappa shape index (κ3) is 1.21. The number of fused-ring (bicyclic) bond motifs is 1. The van der Waals surface area contributed by atoms with Crippen LogP contribution < -0.4 is 0 Å². The second kappa shape index (κ2) is 3.09. The Hall–Kier alpha value is -1.36. The lowest BCUT2D eigenvalue weighted by atomic mass is 10.1. The normalized spacial score (nSPS) is 11.4. The van der Waals surface area contributed by atoms with E-state index in [1.807, 2.05) is 18.2 Å². The van der Waals surface area contributed by atoms with Crippen molar-refractivity contribution in [2.24, 2.45) is 0 Å². The van der Waals surface area contributed by atoms with Gasteiger partial charge >= 0.3 is 5.97 Å². The third-order valence-corrected chi connectivity index (χ3v) is 3.11. The molecule has 14 heavy (non-hydrogen) atoms. The first-order chi connectivity index (χ1) is 6.61. The number of carbonyl (C=O) groups is 1. The highest BCUT2D eigenvalue weighted by atomic mass is 32.1. The number of hydrogen-bond donors (Lipinski definition) is 1. The van der Waals surface area contributed by atoms with E-state index < -0.39 is 5.97 Å². The Bertz CT molecular complexity index is 484. The van der Waals surface area contributed by atoms with Gasteiger partial charge in [0.15, 0.2) is 4.96 Å². The first-order valence-electron chi connectivity index (χ1n) is 4.30. The first kappa shape index (κ1) is 9.21. The van der Waals surface area contributed by atoms with E-state index in [9.17, 15) is 4.79 Å². The molecule has 0 aliphatic carbocycles. The Morgan fingerprint density at radius 1 is 1.64 bits per heavy atom. The molecule has 0 aromatic carbocycles. The van der Waals surface area contributed by atoms with Crippen LogP contribution in [-0.2, 0) is 0 Å². The Morgan fingerprint density at radius 3 is 2.93 bits per heavy atom. The monoisotopic (exact) mass is 210 g/mol. The van der Waals surface area contributed by atoms with E-state index in [1.165, 1.54) is 11.3 Å². The maximum atomic E-state index is 11.0. The quantitative estimate of drug-likeness (QED) is 0.826. The molecule has 0 radical (unpaired) electrons. The van der Waals surface area contributed by atoms with Gasteiger partial charge in [0.25, 0.3) is 0 Å². The zero-order chi connectivity index (χ0) is 10.3. The van der Waals surface area contributed by atoms with Crippen LogP contribution in [0, 0.1) is 0 Å². The smallest absolute Gasteiger partial charge is 0.347 e. The van der Waals surface area contributed by atoms with Crippen molar-refractivity contribution in [1.82, 2.24) is 9.38 Å². The Labute approximate surface area is 84.8 Å². The summed E-state index contributed by atoms with van der Waals surface area (Å²) >= 11 is 1.22. The Balaban J connectivity index is 2.76. The Morgan fingerprint density at radius 2 is 2.36 bits per heavy atom. The van der Waals surface area contributed by atoms with E-state index in [4.69, 9.17) is 5.11 Å². The highest BCUT2D eigenvalue weighted by Crippen LogP contribution is 2.28. The van der Waals surface area contributed by atoms with Crippen LogP contribution in [0.3, 0.4) is 0 Å². The summed E-state index contributed by atoms with van der Waals surface area (Å²) in [6, 6.07) is 0. The molecular formula is C9H10N2O2S. The molecule has 0 saturated carbocycles. The van der Waals surface area contributed by atoms with E-state index in [-0.39, 0.29) is 5.92 Å². The molecule has 0 bridgehead atoms. The van der Waals surface area contributed by atoms with Crippen molar-refractivity contribution in [3.8, 4) is 0 Å². The van der Waals surface area contributed by atoms with E-state index in [0.717, 1.165) is 10.7 Å². The maximum absolute atomic E-state index is 11.0. The van der Waals surface area contributed by atoms with Gasteiger partial charge < -0.3 is 5.11 Å². The standard InChI is InChI=1S/C9H10N2O2S/c1-5(2)6-7(8(12)13)14-9-10-3-4-11(6)9/h3-5H,1-2H3,(H,12,13). The zero-order valence-electron chi connectivity index (χ0n) is 7.89. The van der Waals surface area contributed by atoms with Crippen LogP contribution in [0.2, 0.25) is 0 Å². The number of nitrogens with zero attached hydrogens (tertiary/aromatic N) is 2. The summed E-state index contributed by atoms with van der Waals surface area (Å²) in [4.78, 5) is 16.2. The van der Waals surface area contributed by atoms with Gasteiger partial charge in [-0.05, 0) is 5.92 Å². The van der Waals surface area contributed by atoms with Gasteiger partial charge in [0.2, 0.25) is 0 Å². The molecule has 0 spiro atoms. The molecule has 0 amide bonds. The summed E-state index contributed by atoms with van der Waals surface area (Å²) in [5.74, 6) is -0.687. The van der Waals surface area contributed by atoms with Crippen LogP contribution in [-0.4, -0.2) is 20.5 Å². The average molecular weight is 210 g/mol. The number of carboxylic acid groups (broad SMARTS) is 1. The molecule has 0 saturated heterocycles. The van der Waals surface area contributed by atoms with E-state index in [1.54, 1.807) is 12.4 Å². The summed E-state index contributed by atoms with van der Waals surface area (Å²) in [6.45, 7) is 3.96. The molecule has 0 aliphatic rings. The minimum absolute atomic E-state index is 0.184. The van der Waals surface area contributed by atoms with Crippen LogP contribution >= 0.6 is 11.3 Å². The Kier molecular flexibility index (Phi) is 2.03. The van der Waals surface area contributed by atoms with Gasteiger partial charge in [0, 0.05) is 12.4 Å². The van der Waals surface area contributed by atoms with Crippen LogP contribution in [0.4, 0.5) is 0 Å². The number of rotatable bonds is 2. The molecule has 74 valence electrons. The number of thiazole rings is 1. The second-order valence-electron chi connectivity index (χ2n) is 3.36. The molecule has 2 rings (SSSR count). The van der Waals surface area contributed by atoms with Crippen LogP contribution in [0.15, 0.2) is 12.4 Å². The van der Waals surface area contributed by atoms with Crippen molar-refractivity contribution >= 4 is 22.3 Å². The fourth-order valence-corrected chi connectivity index (χ4v) is 2.57. The van der Waals surface area contributed by atoms with Crippen molar-refractivity contribution < 1.29 is 9.90 Å². The number of hydrogen-bond acceptors (Lipinski definition) is 3. The predicted molar refractivity (Wildman–Crippen MR) is 54.1 cm³/mol. The van der Waals surface area contributed by atoms with Crippen molar-refractivity contribution in [2.75, 3.05) is 0 Å². The molecular weight excluding hydrogens is 200 g/mol. The summed E-state index contributed by atoms with van der Waals surface area (Å²) in [5.41, 5.74) is 0.829. The van der Waals surface area contributed by atoms with Crippen molar-refractivity contribution in [3.05, 3.63) is 23.0 Å². The third-order valence-electron chi connectivity index (χ3n) is 2.03. The topological polar surface area (TPSA) is 54.6 Å². The molecule has 4 nitrogen and oxygen atoms in total. The molecule has 0 unspecified atom stereocenters. The van der Waals surface area contributed by atoms with E-state index in [2.05, 4.69) is 4.98 Å². The van der Waals surface area contributed by atoms with Gasteiger partial charge in [-0.15, -0.1) is 0 Å². The highest BCUT2D eigenvalue weighted by molar-refractivity contribution is 7.19. The van der Waals surface area contributed by atoms with Crippen molar-refractivity contribution in [2.45, 2.75) is 19.8 Å². The fourth-order valence-electron chi connectivity index (χ4n) is 1.50. The van der Waals surface area contributed by atoms with Crippen molar-refractivity contribution in [3.63, 3.8) is 0 Å². The predicted octanol–water partition coefficient (Wildman–Crippen LogP) is 2.22. The summed E-state index contributed by atoms with van der Waals surface area (Å²) in [6.07, 6.45) is 3.48. The highest BCUT2D eigenvalue weighted by Gasteiger charge is 2.20. The van der Waals surface area contributed by atoms with E-state index in [0.29, 0.717) is 4.88 Å². The van der Waals surface area contributed by atoms with Crippen LogP contribution in [0.25, 0.3) is 4.96 Å². The van der Waals surface area contributed by atoms with Crippen LogP contribution in [0.5, 0.6) is 0 Å².